The van der Waals surface area contributed by atoms with Crippen LogP contribution in [0.15, 0.2) is 29.6 Å². The van der Waals surface area contributed by atoms with E-state index in [1.807, 2.05) is 6.92 Å². The Balaban J connectivity index is 1.61. The first kappa shape index (κ1) is 24.5. The van der Waals surface area contributed by atoms with E-state index in [4.69, 9.17) is 4.74 Å². The third kappa shape index (κ3) is 4.42. The third-order valence-electron chi connectivity index (χ3n) is 7.86. The number of rotatable bonds is 7. The fourth-order valence-electron chi connectivity index (χ4n) is 5.88. The molecule has 0 N–H and O–H groups in total. The Kier molecular flexibility index (Phi) is 7.38. The maximum Gasteiger partial charge on any atom is 0.164 e. The average molecular weight is 465 g/mol. The van der Waals surface area contributed by atoms with Crippen LogP contribution in [-0.2, 0) is 4.74 Å². The van der Waals surface area contributed by atoms with Gasteiger partial charge >= 0.3 is 0 Å². The van der Waals surface area contributed by atoms with Crippen molar-refractivity contribution in [3.05, 3.63) is 52.1 Å². The Labute approximate surface area is 195 Å². The Morgan fingerprint density at radius 3 is 2.48 bits per heavy atom. The van der Waals surface area contributed by atoms with Crippen molar-refractivity contribution in [3.63, 3.8) is 0 Å². The van der Waals surface area contributed by atoms with E-state index >= 15 is 17.6 Å². The van der Waals surface area contributed by atoms with Gasteiger partial charge in [0.2, 0.25) is 0 Å². The van der Waals surface area contributed by atoms with Gasteiger partial charge in [-0.3, -0.25) is 0 Å². The molecule has 1 nitrogen and oxygen atoms in total. The largest absolute Gasteiger partial charge is 0.378 e. The summed E-state index contributed by atoms with van der Waals surface area (Å²) < 4.78 is 67.6. The van der Waals surface area contributed by atoms with Crippen molar-refractivity contribution < 1.29 is 22.3 Å². The first-order chi connectivity index (χ1) is 15.8. The van der Waals surface area contributed by atoms with E-state index in [2.05, 4.69) is 6.92 Å². The summed E-state index contributed by atoms with van der Waals surface area (Å²) in [5.41, 5.74) is -0.321. The van der Waals surface area contributed by atoms with Crippen LogP contribution in [0.25, 0.3) is 5.57 Å². The lowest BCUT2D eigenvalue weighted by molar-refractivity contribution is -0.00276. The normalized spacial score (nSPS) is 31.8. The summed E-state index contributed by atoms with van der Waals surface area (Å²) in [5.74, 6) is -1.45. The molecular formula is C28H36F4O. The highest BCUT2D eigenvalue weighted by Gasteiger charge is 2.46. The number of alkyl halides is 2. The molecule has 5 atom stereocenters. The van der Waals surface area contributed by atoms with Gasteiger partial charge in [0, 0.05) is 22.5 Å². The standard InChI is InChI=1S/C28H36F4O/c1-4-6-7-8-18-10-9-17(16-33-18)19-11-12-20-21-13-15-28(3,14-5-2)27(32)23(21)26(31)25(30)22(20)24(19)29/h11-13,17-18,25-26H,4-10,14-16H2,1-3H3. The van der Waals surface area contributed by atoms with Gasteiger partial charge in [0.05, 0.1) is 12.7 Å². The number of benzene rings is 1. The number of hydrogen-bond acceptors (Lipinski definition) is 1. The summed E-state index contributed by atoms with van der Waals surface area (Å²) in [5, 5.41) is 0. The lowest BCUT2D eigenvalue weighted by atomic mass is 9.68. The van der Waals surface area contributed by atoms with Crippen LogP contribution in [0.4, 0.5) is 17.6 Å². The monoisotopic (exact) mass is 464 g/mol. The van der Waals surface area contributed by atoms with Gasteiger partial charge < -0.3 is 4.74 Å². The van der Waals surface area contributed by atoms with Crippen LogP contribution in [0, 0.1) is 11.2 Å². The highest BCUT2D eigenvalue weighted by molar-refractivity contribution is 5.86. The van der Waals surface area contributed by atoms with Crippen molar-refractivity contribution in [2.24, 2.45) is 5.41 Å². The maximum atomic E-state index is 15.6. The van der Waals surface area contributed by atoms with Crippen LogP contribution in [0.2, 0.25) is 0 Å². The minimum absolute atomic E-state index is 0.176. The summed E-state index contributed by atoms with van der Waals surface area (Å²) in [6.45, 7) is 6.25. The van der Waals surface area contributed by atoms with Crippen molar-refractivity contribution in [2.45, 2.75) is 103 Å². The van der Waals surface area contributed by atoms with E-state index < -0.39 is 29.4 Å². The van der Waals surface area contributed by atoms with Crippen LogP contribution in [0.3, 0.4) is 0 Å². The van der Waals surface area contributed by atoms with E-state index in [1.165, 1.54) is 6.42 Å². The first-order valence-corrected chi connectivity index (χ1v) is 12.7. The number of unbranched alkanes of at least 4 members (excludes halogenated alkanes) is 2. The molecule has 1 fully saturated rings. The molecule has 1 aliphatic heterocycles. The van der Waals surface area contributed by atoms with Crippen molar-refractivity contribution >= 4 is 5.57 Å². The summed E-state index contributed by atoms with van der Waals surface area (Å²) in [4.78, 5) is 0. The number of hydrogen-bond donors (Lipinski definition) is 0. The van der Waals surface area contributed by atoms with Gasteiger partial charge in [-0.05, 0) is 48.8 Å². The van der Waals surface area contributed by atoms with Gasteiger partial charge in [0.15, 0.2) is 12.3 Å². The first-order valence-electron chi connectivity index (χ1n) is 12.7. The summed E-state index contributed by atoms with van der Waals surface area (Å²) >= 11 is 0. The van der Waals surface area contributed by atoms with Gasteiger partial charge in [-0.1, -0.05) is 64.7 Å². The fraction of sp³-hybridized carbons (Fsp3) is 0.643. The molecule has 0 radical (unpaired) electrons. The summed E-state index contributed by atoms with van der Waals surface area (Å²) in [7, 11) is 0. The minimum atomic E-state index is -2.21. The zero-order valence-electron chi connectivity index (χ0n) is 20.0. The highest BCUT2D eigenvalue weighted by atomic mass is 19.2. The van der Waals surface area contributed by atoms with Crippen molar-refractivity contribution in [1.29, 1.82) is 0 Å². The summed E-state index contributed by atoms with van der Waals surface area (Å²) in [6.07, 6.45) is 5.32. The quantitative estimate of drug-likeness (QED) is 0.289. The molecule has 3 aliphatic rings. The van der Waals surface area contributed by atoms with Crippen LogP contribution in [0.5, 0.6) is 0 Å². The maximum absolute atomic E-state index is 15.6. The molecule has 4 rings (SSSR count). The number of fused-ring (bicyclic) bond motifs is 3. The van der Waals surface area contributed by atoms with E-state index in [0.29, 0.717) is 30.6 Å². The smallest absolute Gasteiger partial charge is 0.164 e. The SMILES string of the molecule is CCCCCC1CCC(c2ccc3c(c2F)C(F)C(F)C2=C(F)C(C)(CCC)CC=C23)CO1. The zero-order chi connectivity index (χ0) is 23.8. The van der Waals surface area contributed by atoms with Gasteiger partial charge in [0.25, 0.3) is 0 Å². The van der Waals surface area contributed by atoms with Gasteiger partial charge in [-0.2, -0.15) is 0 Å². The van der Waals surface area contributed by atoms with Crippen LogP contribution >= 0.6 is 0 Å². The molecule has 2 aliphatic carbocycles. The van der Waals surface area contributed by atoms with E-state index in [9.17, 15) is 0 Å². The van der Waals surface area contributed by atoms with Crippen LogP contribution in [0.1, 0.15) is 107 Å². The number of allylic oxidation sites excluding steroid dienone is 4. The molecule has 1 heterocycles. The molecular weight excluding hydrogens is 428 g/mol. The zero-order valence-corrected chi connectivity index (χ0v) is 20.0. The minimum Gasteiger partial charge on any atom is -0.378 e. The van der Waals surface area contributed by atoms with E-state index in [1.54, 1.807) is 25.1 Å². The van der Waals surface area contributed by atoms with Gasteiger partial charge in [-0.25, -0.2) is 17.6 Å². The second kappa shape index (κ2) is 9.93. The molecule has 182 valence electrons. The lowest BCUT2D eigenvalue weighted by Crippen LogP contribution is -2.31. The van der Waals surface area contributed by atoms with Crippen molar-refractivity contribution in [1.82, 2.24) is 0 Å². The molecule has 1 saturated heterocycles. The topological polar surface area (TPSA) is 9.23 Å². The van der Waals surface area contributed by atoms with E-state index in [0.717, 1.165) is 38.5 Å². The predicted octanol–water partition coefficient (Wildman–Crippen LogP) is 8.85. The van der Waals surface area contributed by atoms with Crippen molar-refractivity contribution in [2.75, 3.05) is 6.61 Å². The Morgan fingerprint density at radius 1 is 1.03 bits per heavy atom. The molecule has 33 heavy (non-hydrogen) atoms. The van der Waals surface area contributed by atoms with E-state index in [-0.39, 0.29) is 28.7 Å². The average Bonchev–Trinajstić information content (AvgIpc) is 2.80. The molecule has 1 aromatic carbocycles. The van der Waals surface area contributed by atoms with Crippen molar-refractivity contribution in [3.8, 4) is 0 Å². The number of ether oxygens (including phenoxy) is 1. The molecule has 0 aromatic heterocycles. The van der Waals surface area contributed by atoms with Crippen LogP contribution in [-0.4, -0.2) is 18.9 Å². The molecule has 0 amide bonds. The highest BCUT2D eigenvalue weighted by Crippen LogP contribution is 2.54. The molecule has 0 saturated carbocycles. The molecule has 5 heteroatoms. The van der Waals surface area contributed by atoms with Gasteiger partial charge in [0.1, 0.15) is 11.6 Å². The Bertz CT molecular complexity index is 928. The molecule has 0 bridgehead atoms. The number of halogens is 4. The predicted molar refractivity (Wildman–Crippen MR) is 125 cm³/mol. The molecule has 0 spiro atoms. The van der Waals surface area contributed by atoms with Crippen LogP contribution < -0.4 is 0 Å². The Morgan fingerprint density at radius 2 is 1.82 bits per heavy atom. The summed E-state index contributed by atoms with van der Waals surface area (Å²) in [6, 6.07) is 3.32. The lowest BCUT2D eigenvalue weighted by Gasteiger charge is -2.38. The second-order valence-electron chi connectivity index (χ2n) is 10.3. The fourth-order valence-corrected chi connectivity index (χ4v) is 5.88. The second-order valence-corrected chi connectivity index (χ2v) is 10.3. The Hall–Kier alpha value is -1.62. The molecule has 1 aromatic rings. The van der Waals surface area contributed by atoms with Gasteiger partial charge in [-0.15, -0.1) is 0 Å². The third-order valence-corrected chi connectivity index (χ3v) is 7.86. The molecule has 5 unspecified atom stereocenters.